The fourth-order valence-electron chi connectivity index (χ4n) is 1.40. The first-order valence-corrected chi connectivity index (χ1v) is 6.73. The van der Waals surface area contributed by atoms with Gasteiger partial charge in [-0.2, -0.15) is 0 Å². The molecule has 3 heteroatoms. The maximum absolute atomic E-state index is 5.86. The lowest BCUT2D eigenvalue weighted by atomic mass is 10.2. The maximum atomic E-state index is 5.86. The van der Waals surface area contributed by atoms with Crippen molar-refractivity contribution in [2.45, 2.75) is 13.3 Å². The molecule has 0 spiro atoms. The summed E-state index contributed by atoms with van der Waals surface area (Å²) in [7, 11) is 0. The van der Waals surface area contributed by atoms with Gasteiger partial charge in [-0.1, -0.05) is 30.7 Å². The van der Waals surface area contributed by atoms with Crippen molar-refractivity contribution in [3.05, 3.63) is 44.7 Å². The molecule has 1 aromatic carbocycles. The maximum Gasteiger partial charge on any atom is 0.0406 e. The number of benzene rings is 1. The van der Waals surface area contributed by atoms with Crippen molar-refractivity contribution in [2.75, 3.05) is 0 Å². The topological polar surface area (TPSA) is 0 Å². The lowest BCUT2D eigenvalue weighted by molar-refractivity contribution is 1.18. The van der Waals surface area contributed by atoms with Crippen molar-refractivity contribution in [2.24, 2.45) is 0 Å². The molecule has 15 heavy (non-hydrogen) atoms. The van der Waals surface area contributed by atoms with E-state index < -0.39 is 0 Å². The van der Waals surface area contributed by atoms with Crippen molar-refractivity contribution in [3.8, 4) is 10.4 Å². The number of aryl methyl sites for hydroxylation is 1. The minimum Gasteiger partial charge on any atom is -0.139 e. The predicted molar refractivity (Wildman–Crippen MR) is 71.8 cm³/mol. The minimum atomic E-state index is 0.782. The summed E-state index contributed by atoms with van der Waals surface area (Å²) in [6.07, 6.45) is 1.07. The third kappa shape index (κ3) is 2.44. The number of hydrogen-bond donors (Lipinski definition) is 0. The van der Waals surface area contributed by atoms with Crippen LogP contribution in [0.5, 0.6) is 0 Å². The lowest BCUT2D eigenvalue weighted by Gasteiger charge is -1.96. The molecule has 0 N–H and O–H groups in total. The fraction of sp³-hybridized carbons (Fsp3) is 0.167. The van der Waals surface area contributed by atoms with Gasteiger partial charge in [0.2, 0.25) is 0 Å². The molecule has 2 rings (SSSR count). The Bertz CT molecular complexity index is 459. The van der Waals surface area contributed by atoms with E-state index in [1.807, 2.05) is 23.5 Å². The van der Waals surface area contributed by atoms with Crippen LogP contribution in [0.2, 0.25) is 5.02 Å². The summed E-state index contributed by atoms with van der Waals surface area (Å²) < 4.78 is 1.21. The van der Waals surface area contributed by atoms with E-state index in [4.69, 9.17) is 11.6 Å². The summed E-state index contributed by atoms with van der Waals surface area (Å²) in [6.45, 7) is 2.17. The largest absolute Gasteiger partial charge is 0.139 e. The molecule has 1 heterocycles. The summed E-state index contributed by atoms with van der Waals surface area (Å²) in [5, 5.41) is 0.782. The van der Waals surface area contributed by atoms with Gasteiger partial charge in [-0.3, -0.25) is 0 Å². The van der Waals surface area contributed by atoms with Crippen LogP contribution in [0, 0.1) is 0 Å². The summed E-state index contributed by atoms with van der Waals surface area (Å²) in [5.41, 5.74) is 1.23. The van der Waals surface area contributed by atoms with Crippen LogP contribution in [0.15, 0.2) is 34.8 Å². The molecule has 0 atom stereocenters. The Morgan fingerprint density at radius 1 is 1.27 bits per heavy atom. The normalized spacial score (nSPS) is 10.6. The quantitative estimate of drug-likeness (QED) is 0.697. The SMILES string of the molecule is CCc1sc(-c2ccc(Cl)cc2)cc1Br. The monoisotopic (exact) mass is 300 g/mol. The summed E-state index contributed by atoms with van der Waals surface area (Å²) in [5.74, 6) is 0. The molecule has 0 saturated heterocycles. The second kappa shape index (κ2) is 4.69. The molecule has 0 bridgehead atoms. The zero-order valence-electron chi connectivity index (χ0n) is 8.26. The lowest BCUT2D eigenvalue weighted by Crippen LogP contribution is -1.70. The van der Waals surface area contributed by atoms with Crippen LogP contribution in [0.4, 0.5) is 0 Å². The first kappa shape index (κ1) is 11.2. The highest BCUT2D eigenvalue weighted by Crippen LogP contribution is 2.35. The molecule has 0 aliphatic carbocycles. The number of halogens is 2. The van der Waals surface area contributed by atoms with Gasteiger partial charge in [-0.15, -0.1) is 11.3 Å². The summed E-state index contributed by atoms with van der Waals surface area (Å²) >= 11 is 11.3. The van der Waals surface area contributed by atoms with E-state index >= 15 is 0 Å². The first-order chi connectivity index (χ1) is 7.20. The molecule has 0 amide bonds. The van der Waals surface area contributed by atoms with E-state index in [1.165, 1.54) is 19.8 Å². The third-order valence-electron chi connectivity index (χ3n) is 2.21. The molecule has 0 radical (unpaired) electrons. The second-order valence-electron chi connectivity index (χ2n) is 3.24. The van der Waals surface area contributed by atoms with E-state index in [0.717, 1.165) is 11.4 Å². The molecular weight excluding hydrogens is 292 g/mol. The highest BCUT2D eigenvalue weighted by molar-refractivity contribution is 9.10. The zero-order valence-corrected chi connectivity index (χ0v) is 11.4. The third-order valence-corrected chi connectivity index (χ3v) is 4.76. The van der Waals surface area contributed by atoms with Gasteiger partial charge in [0.1, 0.15) is 0 Å². The van der Waals surface area contributed by atoms with E-state index in [-0.39, 0.29) is 0 Å². The molecule has 0 aliphatic rings. The minimum absolute atomic E-state index is 0.782. The van der Waals surface area contributed by atoms with E-state index in [2.05, 4.69) is 41.1 Å². The average Bonchev–Trinajstić information content (AvgIpc) is 2.61. The Morgan fingerprint density at radius 2 is 1.93 bits per heavy atom. The molecule has 0 saturated carbocycles. The summed E-state index contributed by atoms with van der Waals surface area (Å²) in [4.78, 5) is 2.68. The average molecular weight is 302 g/mol. The van der Waals surface area contributed by atoms with Crippen LogP contribution < -0.4 is 0 Å². The fourth-order valence-corrected chi connectivity index (χ4v) is 3.43. The van der Waals surface area contributed by atoms with Gasteiger partial charge in [-0.05, 0) is 46.1 Å². The Morgan fingerprint density at radius 3 is 2.47 bits per heavy atom. The van der Waals surface area contributed by atoms with E-state index in [1.54, 1.807) is 0 Å². The summed E-state index contributed by atoms with van der Waals surface area (Å²) in [6, 6.07) is 10.1. The van der Waals surface area contributed by atoms with Gasteiger partial charge < -0.3 is 0 Å². The van der Waals surface area contributed by atoms with Crippen LogP contribution >= 0.6 is 38.9 Å². The molecular formula is C12H10BrClS. The molecule has 0 unspecified atom stereocenters. The Balaban J connectivity index is 2.41. The smallest absolute Gasteiger partial charge is 0.0406 e. The van der Waals surface area contributed by atoms with Crippen LogP contribution in [-0.4, -0.2) is 0 Å². The molecule has 0 fully saturated rings. The van der Waals surface area contributed by atoms with Crippen molar-refractivity contribution in [3.63, 3.8) is 0 Å². The van der Waals surface area contributed by atoms with Crippen molar-refractivity contribution >= 4 is 38.9 Å². The number of thiophene rings is 1. The van der Waals surface area contributed by atoms with Crippen LogP contribution in [0.25, 0.3) is 10.4 Å². The van der Waals surface area contributed by atoms with Gasteiger partial charge >= 0.3 is 0 Å². The van der Waals surface area contributed by atoms with Crippen LogP contribution in [0.1, 0.15) is 11.8 Å². The van der Waals surface area contributed by atoms with E-state index in [0.29, 0.717) is 0 Å². The zero-order chi connectivity index (χ0) is 10.8. The molecule has 0 aliphatic heterocycles. The van der Waals surface area contributed by atoms with Crippen LogP contribution in [0.3, 0.4) is 0 Å². The van der Waals surface area contributed by atoms with Gasteiger partial charge in [0.15, 0.2) is 0 Å². The highest BCUT2D eigenvalue weighted by atomic mass is 79.9. The first-order valence-electron chi connectivity index (χ1n) is 4.75. The van der Waals surface area contributed by atoms with Crippen molar-refractivity contribution < 1.29 is 0 Å². The van der Waals surface area contributed by atoms with Crippen molar-refractivity contribution in [1.29, 1.82) is 0 Å². The predicted octanol–water partition coefficient (Wildman–Crippen LogP) is 5.39. The van der Waals surface area contributed by atoms with Gasteiger partial charge in [0.05, 0.1) is 0 Å². The molecule has 1 aromatic heterocycles. The molecule has 2 aromatic rings. The Labute approximate surface area is 107 Å². The van der Waals surface area contributed by atoms with Crippen LogP contribution in [-0.2, 0) is 6.42 Å². The highest BCUT2D eigenvalue weighted by Gasteiger charge is 2.06. The number of hydrogen-bond acceptors (Lipinski definition) is 1. The Kier molecular flexibility index (Phi) is 3.49. The number of rotatable bonds is 2. The van der Waals surface area contributed by atoms with Gasteiger partial charge in [0, 0.05) is 19.2 Å². The van der Waals surface area contributed by atoms with Gasteiger partial charge in [0.25, 0.3) is 0 Å². The Hall–Kier alpha value is -0.310. The molecule has 0 nitrogen and oxygen atoms in total. The van der Waals surface area contributed by atoms with E-state index in [9.17, 15) is 0 Å². The standard InChI is InChI=1S/C12H10BrClS/c1-2-11-10(13)7-12(15-11)8-3-5-9(14)6-4-8/h3-7H,2H2,1H3. The second-order valence-corrected chi connectivity index (χ2v) is 5.67. The van der Waals surface area contributed by atoms with Crippen molar-refractivity contribution in [1.82, 2.24) is 0 Å². The molecule has 78 valence electrons. The van der Waals surface area contributed by atoms with Gasteiger partial charge in [-0.25, -0.2) is 0 Å².